The van der Waals surface area contributed by atoms with E-state index in [1.54, 1.807) is 17.9 Å². The summed E-state index contributed by atoms with van der Waals surface area (Å²) in [4.78, 5) is 40.6. The van der Waals surface area contributed by atoms with E-state index in [0.29, 0.717) is 25.1 Å². The summed E-state index contributed by atoms with van der Waals surface area (Å²) >= 11 is 0. The number of amides is 2. The van der Waals surface area contributed by atoms with Crippen molar-refractivity contribution in [2.24, 2.45) is 17.3 Å². The predicted molar refractivity (Wildman–Crippen MR) is 165 cm³/mol. The Kier molecular flexibility index (Phi) is 11.6. The van der Waals surface area contributed by atoms with Gasteiger partial charge in [-0.05, 0) is 61.5 Å². The van der Waals surface area contributed by atoms with Crippen LogP contribution in [0.25, 0.3) is 0 Å². The van der Waals surface area contributed by atoms with Crippen molar-refractivity contribution in [3.05, 3.63) is 24.3 Å². The molecule has 0 aromatic heterocycles. The van der Waals surface area contributed by atoms with Crippen LogP contribution in [0.1, 0.15) is 61.3 Å². The molecule has 2 fully saturated rings. The molecule has 228 valence electrons. The molecular formula is C30H54N2O6Si2. The minimum atomic E-state index is -2.06. The van der Waals surface area contributed by atoms with E-state index in [1.165, 1.54) is 0 Å². The van der Waals surface area contributed by atoms with Crippen molar-refractivity contribution in [2.45, 2.75) is 111 Å². The smallest absolute Gasteiger partial charge is 0.410 e. The number of carbonyl (C=O) groups excluding carboxylic acids is 3. The Morgan fingerprint density at radius 3 is 2.33 bits per heavy atom. The number of carbonyl (C=O) groups is 3. The molecule has 2 aliphatic rings. The third-order valence-electron chi connectivity index (χ3n) is 8.64. The van der Waals surface area contributed by atoms with Crippen molar-refractivity contribution in [1.29, 1.82) is 0 Å². The number of β-lactam (4-membered cyclic amide) rings is 1. The number of Topliss-reactive ketones (excluding diaryl/α,β-unsaturated/α-hetero) is 1. The lowest BCUT2D eigenvalue weighted by Crippen LogP contribution is -2.63. The van der Waals surface area contributed by atoms with Gasteiger partial charge in [0.2, 0.25) is 5.91 Å². The highest BCUT2D eigenvalue weighted by molar-refractivity contribution is 6.74. The molecule has 2 aliphatic heterocycles. The maximum absolute atomic E-state index is 13.4. The first-order valence-corrected chi connectivity index (χ1v) is 20.3. The van der Waals surface area contributed by atoms with Gasteiger partial charge in [0.05, 0.1) is 18.1 Å². The van der Waals surface area contributed by atoms with Gasteiger partial charge in [-0.25, -0.2) is 4.79 Å². The Morgan fingerprint density at radius 1 is 1.20 bits per heavy atom. The SMILES string of the molecule is C=CCOC(=O)N1C[C@@H](O[Si](C)(C)C(C)(C)C)C[C@H]1C=C(C)C(=O)C[C@H]1NC(=O)[C@H]1[C@@H](CO[SiH](C)C)C(C)(C)C. The predicted octanol–water partition coefficient (Wildman–Crippen LogP) is 5.46. The lowest BCUT2D eigenvalue weighted by molar-refractivity contribution is -0.143. The molecule has 0 aromatic rings. The molecule has 10 heteroatoms. The zero-order chi connectivity index (χ0) is 30.6. The van der Waals surface area contributed by atoms with E-state index in [-0.39, 0.29) is 65.2 Å². The normalized spacial score (nSPS) is 24.9. The largest absolute Gasteiger partial charge is 0.445 e. The van der Waals surface area contributed by atoms with Gasteiger partial charge in [-0.3, -0.25) is 14.5 Å². The van der Waals surface area contributed by atoms with Gasteiger partial charge in [-0.2, -0.15) is 0 Å². The molecule has 2 heterocycles. The van der Waals surface area contributed by atoms with Gasteiger partial charge in [-0.15, -0.1) is 0 Å². The summed E-state index contributed by atoms with van der Waals surface area (Å²) in [5.74, 6) is -0.277. The second-order valence-corrected chi connectivity index (χ2v) is 21.5. The minimum absolute atomic E-state index is 0.00840. The van der Waals surface area contributed by atoms with Crippen molar-refractivity contribution in [3.8, 4) is 0 Å². The molecule has 0 saturated carbocycles. The molecular weight excluding hydrogens is 541 g/mol. The number of allylic oxidation sites excluding steroid dienone is 1. The third kappa shape index (κ3) is 8.87. The Labute approximate surface area is 245 Å². The Hall–Kier alpha value is -1.76. The molecule has 0 spiro atoms. The number of nitrogens with zero attached hydrogens (tertiary/aromatic N) is 1. The standard InChI is InChI=1S/C30H54N2O6Si2/c1-13-14-36-28(35)32-18-22(38-40(11,12)30(6,7)8)16-21(32)15-20(2)25(33)17-24-26(27(34)31-24)23(29(3,4)5)19-37-39(9)10/h13,15,21-24,26,39H,1,14,16-19H2,2-12H3,(H,31,34)/t21-,22+,23-,24-,26+/m1/s1. The van der Waals surface area contributed by atoms with E-state index < -0.39 is 23.5 Å². The summed E-state index contributed by atoms with van der Waals surface area (Å²) in [6.45, 7) is 28.1. The van der Waals surface area contributed by atoms with Crippen LogP contribution >= 0.6 is 0 Å². The van der Waals surface area contributed by atoms with Crippen molar-refractivity contribution in [2.75, 3.05) is 19.8 Å². The Balaban J connectivity index is 2.19. The molecule has 0 radical (unpaired) electrons. The van der Waals surface area contributed by atoms with E-state index in [1.807, 2.05) is 6.08 Å². The van der Waals surface area contributed by atoms with Crippen molar-refractivity contribution in [1.82, 2.24) is 10.2 Å². The zero-order valence-electron chi connectivity index (χ0n) is 26.8. The molecule has 0 aliphatic carbocycles. The molecule has 2 rings (SSSR count). The van der Waals surface area contributed by atoms with Gasteiger partial charge >= 0.3 is 6.09 Å². The van der Waals surface area contributed by atoms with Crippen LogP contribution in [0.4, 0.5) is 4.79 Å². The Bertz CT molecular complexity index is 966. The summed E-state index contributed by atoms with van der Waals surface area (Å²) < 4.78 is 18.0. The molecule has 5 atom stereocenters. The van der Waals surface area contributed by atoms with Gasteiger partial charge in [-0.1, -0.05) is 60.3 Å². The van der Waals surface area contributed by atoms with E-state index in [2.05, 4.69) is 79.6 Å². The highest BCUT2D eigenvalue weighted by atomic mass is 28.4. The van der Waals surface area contributed by atoms with Gasteiger partial charge in [0.15, 0.2) is 23.1 Å². The first-order valence-electron chi connectivity index (χ1n) is 14.6. The number of hydrogen-bond acceptors (Lipinski definition) is 6. The third-order valence-corrected chi connectivity index (χ3v) is 14.0. The number of hydrogen-bond donors (Lipinski definition) is 1. The summed E-state index contributed by atoms with van der Waals surface area (Å²) in [6.07, 6.45) is 3.67. The van der Waals surface area contributed by atoms with Gasteiger partial charge in [0, 0.05) is 25.6 Å². The van der Waals surface area contributed by atoms with Gasteiger partial charge in [0.25, 0.3) is 0 Å². The summed E-state index contributed by atoms with van der Waals surface area (Å²) in [6, 6.07) is -0.536. The van der Waals surface area contributed by atoms with Crippen molar-refractivity contribution < 1.29 is 28.0 Å². The molecule has 0 bridgehead atoms. The average molecular weight is 595 g/mol. The van der Waals surface area contributed by atoms with Crippen LogP contribution < -0.4 is 5.32 Å². The average Bonchev–Trinajstić information content (AvgIpc) is 3.19. The first-order chi connectivity index (χ1) is 18.3. The number of ether oxygens (including phenoxy) is 1. The quantitative estimate of drug-likeness (QED) is 0.140. The molecule has 40 heavy (non-hydrogen) atoms. The van der Waals surface area contributed by atoms with Gasteiger partial charge in [0.1, 0.15) is 6.61 Å². The van der Waals surface area contributed by atoms with Crippen LogP contribution in [0.5, 0.6) is 0 Å². The number of nitrogens with one attached hydrogen (secondary N) is 1. The fourth-order valence-corrected chi connectivity index (χ4v) is 7.06. The van der Waals surface area contributed by atoms with E-state index >= 15 is 0 Å². The van der Waals surface area contributed by atoms with E-state index in [0.717, 1.165) is 0 Å². The molecule has 8 nitrogen and oxygen atoms in total. The number of rotatable bonds is 12. The number of likely N-dealkylation sites (tertiary alicyclic amines) is 1. The van der Waals surface area contributed by atoms with Crippen LogP contribution in [-0.2, 0) is 23.2 Å². The molecule has 0 unspecified atom stereocenters. The molecule has 1 N–H and O–H groups in total. The van der Waals surface area contributed by atoms with E-state index in [4.69, 9.17) is 13.6 Å². The van der Waals surface area contributed by atoms with Crippen LogP contribution in [0, 0.1) is 17.3 Å². The zero-order valence-corrected chi connectivity index (χ0v) is 28.9. The number of ketones is 1. The maximum atomic E-state index is 13.4. The lowest BCUT2D eigenvalue weighted by atomic mass is 9.66. The van der Waals surface area contributed by atoms with Crippen LogP contribution in [-0.4, -0.2) is 78.0 Å². The maximum Gasteiger partial charge on any atom is 0.410 e. The fraction of sp³-hybridized carbons (Fsp3) is 0.767. The van der Waals surface area contributed by atoms with Crippen molar-refractivity contribution >= 4 is 35.1 Å². The molecule has 0 aromatic carbocycles. The lowest BCUT2D eigenvalue weighted by Gasteiger charge is -2.46. The van der Waals surface area contributed by atoms with E-state index in [9.17, 15) is 14.4 Å². The first kappa shape index (κ1) is 34.4. The topological polar surface area (TPSA) is 94.2 Å². The minimum Gasteiger partial charge on any atom is -0.445 e. The highest BCUT2D eigenvalue weighted by Gasteiger charge is 2.49. The fourth-order valence-electron chi connectivity index (χ4n) is 5.11. The van der Waals surface area contributed by atoms with Crippen LogP contribution in [0.3, 0.4) is 0 Å². The highest BCUT2D eigenvalue weighted by Crippen LogP contribution is 2.40. The molecule has 2 saturated heterocycles. The second kappa shape index (κ2) is 13.5. The van der Waals surface area contributed by atoms with Gasteiger partial charge < -0.3 is 18.9 Å². The summed E-state index contributed by atoms with van der Waals surface area (Å²) in [5, 5.41) is 3.01. The monoisotopic (exact) mass is 594 g/mol. The summed E-state index contributed by atoms with van der Waals surface area (Å²) in [7, 11) is -3.30. The van der Waals surface area contributed by atoms with Crippen LogP contribution in [0.15, 0.2) is 24.3 Å². The van der Waals surface area contributed by atoms with Crippen molar-refractivity contribution in [3.63, 3.8) is 0 Å². The Morgan fingerprint density at radius 2 is 1.82 bits per heavy atom. The summed E-state index contributed by atoms with van der Waals surface area (Å²) in [5.41, 5.74) is 0.449. The second-order valence-electron chi connectivity index (χ2n) is 14.3. The molecule has 2 amide bonds. The van der Waals surface area contributed by atoms with Crippen LogP contribution in [0.2, 0.25) is 31.2 Å².